The average molecular weight is 301 g/mol. The SMILES string of the molecule is CON=C(COc1ccc(CO)cc1OC)c1ccccc1. The lowest BCUT2D eigenvalue weighted by Gasteiger charge is -2.12. The number of aliphatic hydroxyl groups is 1. The van der Waals surface area contributed by atoms with Crippen molar-refractivity contribution >= 4 is 5.71 Å². The van der Waals surface area contributed by atoms with Gasteiger partial charge in [-0.15, -0.1) is 0 Å². The van der Waals surface area contributed by atoms with Gasteiger partial charge in [0.15, 0.2) is 11.5 Å². The zero-order valence-electron chi connectivity index (χ0n) is 12.7. The van der Waals surface area contributed by atoms with Gasteiger partial charge in [-0.05, 0) is 17.7 Å². The van der Waals surface area contributed by atoms with Crippen LogP contribution in [0.1, 0.15) is 11.1 Å². The van der Waals surface area contributed by atoms with Crippen molar-refractivity contribution in [2.24, 2.45) is 5.16 Å². The smallest absolute Gasteiger partial charge is 0.161 e. The van der Waals surface area contributed by atoms with Gasteiger partial charge in [0.05, 0.1) is 13.7 Å². The van der Waals surface area contributed by atoms with Crippen LogP contribution in [0.25, 0.3) is 0 Å². The van der Waals surface area contributed by atoms with Gasteiger partial charge >= 0.3 is 0 Å². The number of methoxy groups -OCH3 is 1. The third kappa shape index (κ3) is 3.99. The van der Waals surface area contributed by atoms with Gasteiger partial charge in [0.2, 0.25) is 0 Å². The number of hydrogen-bond donors (Lipinski definition) is 1. The van der Waals surface area contributed by atoms with E-state index in [2.05, 4.69) is 5.16 Å². The molecule has 0 fully saturated rings. The number of hydrogen-bond acceptors (Lipinski definition) is 5. The topological polar surface area (TPSA) is 60.3 Å². The molecule has 0 bridgehead atoms. The van der Waals surface area contributed by atoms with Crippen molar-refractivity contribution in [1.82, 2.24) is 0 Å². The van der Waals surface area contributed by atoms with Crippen molar-refractivity contribution < 1.29 is 19.4 Å². The summed E-state index contributed by atoms with van der Waals surface area (Å²) in [6.07, 6.45) is 0. The molecule has 5 heteroatoms. The van der Waals surface area contributed by atoms with Gasteiger partial charge in [0.1, 0.15) is 19.4 Å². The number of aliphatic hydroxyl groups excluding tert-OH is 1. The molecular weight excluding hydrogens is 282 g/mol. The summed E-state index contributed by atoms with van der Waals surface area (Å²) >= 11 is 0. The first-order valence-corrected chi connectivity index (χ1v) is 6.84. The summed E-state index contributed by atoms with van der Waals surface area (Å²) in [6, 6.07) is 15.0. The van der Waals surface area contributed by atoms with E-state index in [4.69, 9.17) is 19.4 Å². The summed E-state index contributed by atoms with van der Waals surface area (Å²) < 4.78 is 11.1. The molecule has 22 heavy (non-hydrogen) atoms. The summed E-state index contributed by atoms with van der Waals surface area (Å²) in [7, 11) is 3.06. The number of oxime groups is 1. The highest BCUT2D eigenvalue weighted by Gasteiger charge is 2.09. The minimum absolute atomic E-state index is 0.0446. The van der Waals surface area contributed by atoms with E-state index >= 15 is 0 Å². The fourth-order valence-electron chi connectivity index (χ4n) is 1.98. The largest absolute Gasteiger partial charge is 0.493 e. The van der Waals surface area contributed by atoms with Crippen LogP contribution in [0.15, 0.2) is 53.7 Å². The Balaban J connectivity index is 2.15. The van der Waals surface area contributed by atoms with Crippen molar-refractivity contribution in [3.05, 3.63) is 59.7 Å². The number of ether oxygens (including phenoxy) is 2. The van der Waals surface area contributed by atoms with Crippen molar-refractivity contribution in [1.29, 1.82) is 0 Å². The highest BCUT2D eigenvalue weighted by molar-refractivity contribution is 6.01. The molecule has 0 heterocycles. The van der Waals surface area contributed by atoms with Crippen molar-refractivity contribution in [3.63, 3.8) is 0 Å². The second-order valence-corrected chi connectivity index (χ2v) is 4.52. The molecule has 2 aromatic carbocycles. The van der Waals surface area contributed by atoms with Crippen molar-refractivity contribution in [2.45, 2.75) is 6.61 Å². The molecule has 0 aliphatic carbocycles. The maximum absolute atomic E-state index is 9.15. The third-order valence-corrected chi connectivity index (χ3v) is 3.08. The van der Waals surface area contributed by atoms with Crippen LogP contribution in [-0.2, 0) is 11.4 Å². The highest BCUT2D eigenvalue weighted by Crippen LogP contribution is 2.28. The predicted molar refractivity (Wildman–Crippen MR) is 84.4 cm³/mol. The van der Waals surface area contributed by atoms with Crippen LogP contribution in [0.2, 0.25) is 0 Å². The Hall–Kier alpha value is -2.53. The van der Waals surface area contributed by atoms with E-state index in [9.17, 15) is 0 Å². The molecule has 2 rings (SSSR count). The molecule has 1 N–H and O–H groups in total. The number of benzene rings is 2. The van der Waals surface area contributed by atoms with Crippen LogP contribution in [-0.4, -0.2) is 31.6 Å². The summed E-state index contributed by atoms with van der Waals surface area (Å²) in [5.74, 6) is 1.15. The van der Waals surface area contributed by atoms with E-state index in [1.54, 1.807) is 25.3 Å². The second kappa shape index (κ2) is 8.05. The maximum Gasteiger partial charge on any atom is 0.161 e. The van der Waals surface area contributed by atoms with Crippen LogP contribution in [0.4, 0.5) is 0 Å². The van der Waals surface area contributed by atoms with Gasteiger partial charge in [-0.2, -0.15) is 0 Å². The van der Waals surface area contributed by atoms with E-state index in [1.165, 1.54) is 7.11 Å². The van der Waals surface area contributed by atoms with E-state index in [-0.39, 0.29) is 13.2 Å². The summed E-state index contributed by atoms with van der Waals surface area (Å²) in [5.41, 5.74) is 2.37. The quantitative estimate of drug-likeness (QED) is 0.631. The van der Waals surface area contributed by atoms with Crippen molar-refractivity contribution in [2.75, 3.05) is 20.8 Å². The molecule has 0 unspecified atom stereocenters. The molecule has 0 amide bonds. The molecule has 5 nitrogen and oxygen atoms in total. The standard InChI is InChI=1S/C17H19NO4/c1-20-17-10-13(11-19)8-9-16(17)22-12-15(18-21-2)14-6-4-3-5-7-14/h3-10,19H,11-12H2,1-2H3. The minimum Gasteiger partial charge on any atom is -0.493 e. The van der Waals surface area contributed by atoms with Crippen LogP contribution in [0, 0.1) is 0 Å². The second-order valence-electron chi connectivity index (χ2n) is 4.52. The fraction of sp³-hybridized carbons (Fsp3) is 0.235. The fourth-order valence-corrected chi connectivity index (χ4v) is 1.98. The van der Waals surface area contributed by atoms with Gasteiger partial charge in [-0.25, -0.2) is 0 Å². The first-order valence-electron chi connectivity index (χ1n) is 6.84. The Bertz CT molecular complexity index is 626. The molecule has 2 aromatic rings. The molecule has 0 atom stereocenters. The minimum atomic E-state index is -0.0446. The number of nitrogens with zero attached hydrogens (tertiary/aromatic N) is 1. The third-order valence-electron chi connectivity index (χ3n) is 3.08. The van der Waals surface area contributed by atoms with Gasteiger partial charge in [0.25, 0.3) is 0 Å². The lowest BCUT2D eigenvalue weighted by Crippen LogP contribution is -2.14. The zero-order chi connectivity index (χ0) is 15.8. The van der Waals surface area contributed by atoms with Crippen LogP contribution < -0.4 is 9.47 Å². The molecule has 0 aliphatic heterocycles. The molecule has 0 saturated carbocycles. The molecule has 0 aromatic heterocycles. The van der Waals surface area contributed by atoms with E-state index in [0.717, 1.165) is 11.1 Å². The van der Waals surface area contributed by atoms with Crippen LogP contribution >= 0.6 is 0 Å². The number of rotatable bonds is 7. The summed E-state index contributed by atoms with van der Waals surface area (Å²) in [5, 5.41) is 13.2. The Labute approximate surface area is 129 Å². The molecule has 116 valence electrons. The lowest BCUT2D eigenvalue weighted by molar-refractivity contribution is 0.210. The van der Waals surface area contributed by atoms with Crippen molar-refractivity contribution in [3.8, 4) is 11.5 Å². The predicted octanol–water partition coefficient (Wildman–Crippen LogP) is 2.62. The van der Waals surface area contributed by atoms with Crippen LogP contribution in [0.5, 0.6) is 11.5 Å². The summed E-state index contributed by atoms with van der Waals surface area (Å²) in [4.78, 5) is 4.88. The lowest BCUT2D eigenvalue weighted by atomic mass is 10.1. The first kappa shape index (κ1) is 15.9. The Morgan fingerprint density at radius 2 is 1.82 bits per heavy atom. The Morgan fingerprint density at radius 3 is 2.45 bits per heavy atom. The molecule has 0 saturated heterocycles. The van der Waals surface area contributed by atoms with Crippen LogP contribution in [0.3, 0.4) is 0 Å². The molecular formula is C17H19NO4. The first-order chi connectivity index (χ1) is 10.8. The molecule has 0 spiro atoms. The molecule has 0 radical (unpaired) electrons. The molecule has 0 aliphatic rings. The summed E-state index contributed by atoms with van der Waals surface area (Å²) in [6.45, 7) is 0.198. The van der Waals surface area contributed by atoms with Gasteiger partial charge in [-0.1, -0.05) is 41.6 Å². The van der Waals surface area contributed by atoms with Gasteiger partial charge in [-0.3, -0.25) is 0 Å². The Morgan fingerprint density at radius 1 is 1.05 bits per heavy atom. The average Bonchev–Trinajstić information content (AvgIpc) is 2.59. The van der Waals surface area contributed by atoms with E-state index < -0.39 is 0 Å². The van der Waals surface area contributed by atoms with Gasteiger partial charge in [0, 0.05) is 5.56 Å². The highest BCUT2D eigenvalue weighted by atomic mass is 16.6. The van der Waals surface area contributed by atoms with E-state index in [1.807, 2.05) is 30.3 Å². The normalized spacial score (nSPS) is 11.1. The zero-order valence-corrected chi connectivity index (χ0v) is 12.7. The Kier molecular flexibility index (Phi) is 5.80. The monoisotopic (exact) mass is 301 g/mol. The van der Waals surface area contributed by atoms with Gasteiger partial charge < -0.3 is 19.4 Å². The maximum atomic E-state index is 9.15. The van der Waals surface area contributed by atoms with E-state index in [0.29, 0.717) is 17.2 Å².